The average Bonchev–Trinajstić information content (AvgIpc) is 2.57. The molecule has 0 bridgehead atoms. The fraction of sp³-hybridized carbons (Fsp3) is 0.294. The number of hydrogen-bond acceptors (Lipinski definition) is 5. The molecule has 0 aliphatic heterocycles. The summed E-state index contributed by atoms with van der Waals surface area (Å²) in [6, 6.07) is 8.04. The summed E-state index contributed by atoms with van der Waals surface area (Å²) < 4.78 is 16.2. The molecule has 128 valence electrons. The molecule has 5 nitrogen and oxygen atoms in total. The highest BCUT2D eigenvalue weighted by molar-refractivity contribution is 6.32. The van der Waals surface area contributed by atoms with Crippen LogP contribution in [0.4, 0.5) is 0 Å². The van der Waals surface area contributed by atoms with Crippen LogP contribution < -0.4 is 9.47 Å². The second-order valence-corrected chi connectivity index (χ2v) is 5.46. The highest BCUT2D eigenvalue weighted by Gasteiger charge is 2.14. The lowest BCUT2D eigenvalue weighted by atomic mass is 10.2. The molecule has 0 aliphatic carbocycles. The standard InChI is InChI=1S/C17H17Cl2NO4/c1-3-22-14-7-5-11(9-15(14)23-4-2)17(21)24-10-13-12(18)6-8-16(19)20-13/h5-9H,3-4,10H2,1-2H3. The van der Waals surface area contributed by atoms with E-state index in [0.717, 1.165) is 0 Å². The first-order chi connectivity index (χ1) is 11.5. The zero-order chi connectivity index (χ0) is 17.5. The van der Waals surface area contributed by atoms with Crippen molar-refractivity contribution in [1.29, 1.82) is 0 Å². The Kier molecular flexibility index (Phi) is 6.70. The molecule has 0 saturated carbocycles. The molecule has 0 radical (unpaired) electrons. The van der Waals surface area contributed by atoms with Crippen LogP contribution in [0.15, 0.2) is 30.3 Å². The van der Waals surface area contributed by atoms with Crippen molar-refractivity contribution in [3.05, 3.63) is 51.8 Å². The highest BCUT2D eigenvalue weighted by atomic mass is 35.5. The van der Waals surface area contributed by atoms with E-state index in [2.05, 4.69) is 4.98 Å². The van der Waals surface area contributed by atoms with Crippen molar-refractivity contribution in [2.75, 3.05) is 13.2 Å². The van der Waals surface area contributed by atoms with Gasteiger partial charge < -0.3 is 14.2 Å². The van der Waals surface area contributed by atoms with Gasteiger partial charge in [-0.2, -0.15) is 0 Å². The van der Waals surface area contributed by atoms with Crippen molar-refractivity contribution in [2.45, 2.75) is 20.5 Å². The van der Waals surface area contributed by atoms with Gasteiger partial charge in [-0.25, -0.2) is 9.78 Å². The summed E-state index contributed by atoms with van der Waals surface area (Å²) in [4.78, 5) is 16.3. The maximum absolute atomic E-state index is 12.2. The molecule has 7 heteroatoms. The minimum absolute atomic E-state index is 0.0740. The van der Waals surface area contributed by atoms with Gasteiger partial charge in [-0.3, -0.25) is 0 Å². The van der Waals surface area contributed by atoms with E-state index >= 15 is 0 Å². The first kappa shape index (κ1) is 18.4. The van der Waals surface area contributed by atoms with E-state index in [1.165, 1.54) is 0 Å². The number of carbonyl (C=O) groups is 1. The minimum atomic E-state index is -0.517. The summed E-state index contributed by atoms with van der Waals surface area (Å²) in [5, 5.41) is 0.666. The number of carbonyl (C=O) groups excluding carboxylic acids is 1. The number of esters is 1. The van der Waals surface area contributed by atoms with Crippen LogP contribution in [0.2, 0.25) is 10.2 Å². The molecule has 0 spiro atoms. The van der Waals surface area contributed by atoms with Crippen LogP contribution in [-0.2, 0) is 11.3 Å². The molecule has 24 heavy (non-hydrogen) atoms. The lowest BCUT2D eigenvalue weighted by Crippen LogP contribution is -2.08. The monoisotopic (exact) mass is 369 g/mol. The zero-order valence-electron chi connectivity index (χ0n) is 13.3. The van der Waals surface area contributed by atoms with Crippen LogP contribution in [0.5, 0.6) is 11.5 Å². The van der Waals surface area contributed by atoms with Crippen molar-refractivity contribution < 1.29 is 19.0 Å². The Hall–Kier alpha value is -1.98. The van der Waals surface area contributed by atoms with E-state index in [4.69, 9.17) is 37.4 Å². The largest absolute Gasteiger partial charge is 0.490 e. The summed E-state index contributed by atoms with van der Waals surface area (Å²) in [7, 11) is 0. The Morgan fingerprint density at radius 1 is 1.04 bits per heavy atom. The Balaban J connectivity index is 2.11. The lowest BCUT2D eigenvalue weighted by molar-refractivity contribution is 0.0467. The SMILES string of the molecule is CCOc1ccc(C(=O)OCc2nc(Cl)ccc2Cl)cc1OCC. The second-order valence-electron chi connectivity index (χ2n) is 4.67. The van der Waals surface area contributed by atoms with Gasteiger partial charge in [0.15, 0.2) is 11.5 Å². The topological polar surface area (TPSA) is 57.7 Å². The average molecular weight is 370 g/mol. The van der Waals surface area contributed by atoms with Gasteiger partial charge in [-0.05, 0) is 44.2 Å². The molecular formula is C17H17Cl2NO4. The first-order valence-corrected chi connectivity index (χ1v) is 8.18. The fourth-order valence-electron chi connectivity index (χ4n) is 1.95. The number of benzene rings is 1. The first-order valence-electron chi connectivity index (χ1n) is 7.42. The highest BCUT2D eigenvalue weighted by Crippen LogP contribution is 2.29. The molecule has 0 unspecified atom stereocenters. The lowest BCUT2D eigenvalue weighted by Gasteiger charge is -2.12. The second kappa shape index (κ2) is 8.76. The molecule has 0 N–H and O–H groups in total. The van der Waals surface area contributed by atoms with E-state index in [1.807, 2.05) is 13.8 Å². The van der Waals surface area contributed by atoms with Crippen LogP contribution in [0.1, 0.15) is 29.9 Å². The van der Waals surface area contributed by atoms with Gasteiger partial charge >= 0.3 is 5.97 Å². The van der Waals surface area contributed by atoms with Crippen LogP contribution in [0.3, 0.4) is 0 Å². The molecule has 1 aromatic carbocycles. The van der Waals surface area contributed by atoms with Gasteiger partial charge in [0, 0.05) is 0 Å². The minimum Gasteiger partial charge on any atom is -0.490 e. The summed E-state index contributed by atoms with van der Waals surface area (Å²) >= 11 is 11.8. The van der Waals surface area contributed by atoms with Gasteiger partial charge in [0.25, 0.3) is 0 Å². The smallest absolute Gasteiger partial charge is 0.338 e. The van der Waals surface area contributed by atoms with Gasteiger partial charge in [0.2, 0.25) is 0 Å². The number of aromatic nitrogens is 1. The van der Waals surface area contributed by atoms with E-state index < -0.39 is 5.97 Å². The van der Waals surface area contributed by atoms with Crippen LogP contribution >= 0.6 is 23.2 Å². The van der Waals surface area contributed by atoms with Crippen molar-refractivity contribution in [3.8, 4) is 11.5 Å². The molecule has 1 aromatic heterocycles. The maximum atomic E-state index is 12.2. The third-order valence-corrected chi connectivity index (χ3v) is 3.56. The Labute approximate surface area is 150 Å². The maximum Gasteiger partial charge on any atom is 0.338 e. The van der Waals surface area contributed by atoms with Crippen molar-refractivity contribution in [1.82, 2.24) is 4.98 Å². The van der Waals surface area contributed by atoms with Crippen LogP contribution in [0.25, 0.3) is 0 Å². The number of rotatable bonds is 7. The zero-order valence-corrected chi connectivity index (χ0v) is 14.9. The van der Waals surface area contributed by atoms with E-state index in [-0.39, 0.29) is 11.8 Å². The summed E-state index contributed by atoms with van der Waals surface area (Å²) in [6.07, 6.45) is 0. The Morgan fingerprint density at radius 3 is 2.46 bits per heavy atom. The quantitative estimate of drug-likeness (QED) is 0.529. The van der Waals surface area contributed by atoms with Crippen LogP contribution in [-0.4, -0.2) is 24.2 Å². The summed E-state index contributed by atoms with van der Waals surface area (Å²) in [5.74, 6) is 0.556. The molecule has 1 heterocycles. The number of hydrogen-bond donors (Lipinski definition) is 0. The molecule has 0 amide bonds. The van der Waals surface area contributed by atoms with Crippen molar-refractivity contribution in [3.63, 3.8) is 0 Å². The normalized spacial score (nSPS) is 10.3. The predicted molar refractivity (Wildman–Crippen MR) is 92.2 cm³/mol. The molecule has 0 atom stereocenters. The number of pyridine rings is 1. The van der Waals surface area contributed by atoms with E-state index in [0.29, 0.717) is 41.0 Å². The summed E-state index contributed by atoms with van der Waals surface area (Å²) in [6.45, 7) is 4.62. The van der Waals surface area contributed by atoms with E-state index in [1.54, 1.807) is 30.3 Å². The number of halogens is 2. The molecule has 2 rings (SSSR count). The van der Waals surface area contributed by atoms with Gasteiger partial charge in [-0.1, -0.05) is 23.2 Å². The fourth-order valence-corrected chi connectivity index (χ4v) is 2.28. The van der Waals surface area contributed by atoms with Gasteiger partial charge in [0.1, 0.15) is 11.8 Å². The summed E-state index contributed by atoms with van der Waals surface area (Å²) in [5.41, 5.74) is 0.744. The van der Waals surface area contributed by atoms with E-state index in [9.17, 15) is 4.79 Å². The molecule has 0 fully saturated rings. The van der Waals surface area contributed by atoms with Gasteiger partial charge in [-0.15, -0.1) is 0 Å². The van der Waals surface area contributed by atoms with Crippen molar-refractivity contribution >= 4 is 29.2 Å². The molecule has 0 saturated heterocycles. The van der Waals surface area contributed by atoms with Crippen molar-refractivity contribution in [2.24, 2.45) is 0 Å². The Morgan fingerprint density at radius 2 is 1.75 bits per heavy atom. The molecule has 2 aromatic rings. The third kappa shape index (κ3) is 4.76. The molecule has 0 aliphatic rings. The van der Waals surface area contributed by atoms with Crippen LogP contribution in [0, 0.1) is 0 Å². The number of ether oxygens (including phenoxy) is 3. The number of nitrogens with zero attached hydrogens (tertiary/aromatic N) is 1. The Bertz CT molecular complexity index is 722. The van der Waals surface area contributed by atoms with Gasteiger partial charge in [0.05, 0.1) is 29.5 Å². The third-order valence-electron chi connectivity index (χ3n) is 3.00. The predicted octanol–water partition coefficient (Wildman–Crippen LogP) is 4.54. The molecular weight excluding hydrogens is 353 g/mol.